The molecule has 90 valence electrons. The average molecular weight is 221 g/mol. The maximum Gasteiger partial charge on any atom is 0.111 e. The Morgan fingerprint density at radius 2 is 1.53 bits per heavy atom. The van der Waals surface area contributed by atoms with E-state index >= 15 is 0 Å². The van der Waals surface area contributed by atoms with Crippen molar-refractivity contribution in [2.24, 2.45) is 0 Å². The predicted molar refractivity (Wildman–Crippen MR) is 52.1 cm³/mol. The molecule has 6 heteroatoms. The summed E-state index contributed by atoms with van der Waals surface area (Å²) in [5, 5.41) is 48.7. The summed E-state index contributed by atoms with van der Waals surface area (Å²) < 4.78 is 0. The minimum atomic E-state index is -1.54. The first-order chi connectivity index (χ1) is 7.06. The van der Waals surface area contributed by atoms with Crippen molar-refractivity contribution in [2.45, 2.75) is 43.3 Å². The summed E-state index contributed by atoms with van der Waals surface area (Å²) >= 11 is 0. The third-order valence-corrected chi connectivity index (χ3v) is 2.52. The lowest BCUT2D eigenvalue weighted by Crippen LogP contribution is -2.49. The summed E-state index contributed by atoms with van der Waals surface area (Å²) in [4.78, 5) is 0. The van der Waals surface area contributed by atoms with Gasteiger partial charge in [-0.15, -0.1) is 0 Å². The highest BCUT2D eigenvalue weighted by atomic mass is 16.4. The summed E-state index contributed by atoms with van der Waals surface area (Å²) in [5.41, 5.74) is 0. The van der Waals surface area contributed by atoms with Gasteiger partial charge in [0, 0.05) is 12.6 Å². The molecule has 0 amide bonds. The van der Waals surface area contributed by atoms with E-state index in [9.17, 15) is 15.3 Å². The van der Waals surface area contributed by atoms with Crippen molar-refractivity contribution in [1.29, 1.82) is 0 Å². The Bertz CT molecular complexity index is 187. The van der Waals surface area contributed by atoms with Crippen LogP contribution in [0, 0.1) is 0 Å². The fourth-order valence-electron chi connectivity index (χ4n) is 1.26. The fraction of sp³-hybridized carbons (Fsp3) is 1.00. The molecule has 0 saturated heterocycles. The number of nitrogens with one attached hydrogen (secondary N) is 1. The molecule has 0 radical (unpaired) electrons. The second kappa shape index (κ2) is 5.74. The van der Waals surface area contributed by atoms with Crippen LogP contribution in [-0.2, 0) is 0 Å². The second-order valence-electron chi connectivity index (χ2n) is 3.98. The minimum Gasteiger partial charge on any atom is -0.394 e. The first-order valence-corrected chi connectivity index (χ1v) is 5.12. The zero-order valence-corrected chi connectivity index (χ0v) is 8.45. The Morgan fingerprint density at radius 1 is 1.00 bits per heavy atom. The van der Waals surface area contributed by atoms with Crippen LogP contribution in [0.1, 0.15) is 12.8 Å². The summed E-state index contributed by atoms with van der Waals surface area (Å²) in [5.74, 6) is 0. The van der Waals surface area contributed by atoms with Crippen LogP contribution in [-0.4, -0.2) is 69.1 Å². The zero-order valence-electron chi connectivity index (χ0n) is 8.45. The molecule has 0 heterocycles. The average Bonchev–Trinajstić information content (AvgIpc) is 3.06. The molecule has 0 spiro atoms. The van der Waals surface area contributed by atoms with E-state index in [1.807, 2.05) is 0 Å². The van der Waals surface area contributed by atoms with Gasteiger partial charge in [0.05, 0.1) is 12.7 Å². The van der Waals surface area contributed by atoms with Crippen molar-refractivity contribution >= 4 is 0 Å². The maximum absolute atomic E-state index is 9.44. The van der Waals surface area contributed by atoms with Crippen LogP contribution in [0.5, 0.6) is 0 Å². The molecule has 1 aliphatic carbocycles. The first-order valence-electron chi connectivity index (χ1n) is 5.12. The number of aliphatic hydroxyl groups excluding tert-OH is 5. The van der Waals surface area contributed by atoms with Gasteiger partial charge in [0.2, 0.25) is 0 Å². The SMILES string of the molecule is OC[C@@H](O)[C@@H](O)[C@H](O)[C@@H](O)CNC1CC1. The molecule has 1 rings (SSSR count). The smallest absolute Gasteiger partial charge is 0.111 e. The molecule has 0 aromatic carbocycles. The largest absolute Gasteiger partial charge is 0.394 e. The van der Waals surface area contributed by atoms with Gasteiger partial charge >= 0.3 is 0 Å². The number of aliphatic hydroxyl groups is 5. The monoisotopic (exact) mass is 221 g/mol. The summed E-state index contributed by atoms with van der Waals surface area (Å²) in [7, 11) is 0. The topological polar surface area (TPSA) is 113 Å². The highest BCUT2D eigenvalue weighted by molar-refractivity contribution is 4.86. The van der Waals surface area contributed by atoms with Crippen LogP contribution in [0.4, 0.5) is 0 Å². The summed E-state index contributed by atoms with van der Waals surface area (Å²) in [6.07, 6.45) is -3.46. The number of rotatable bonds is 7. The third kappa shape index (κ3) is 4.02. The summed E-state index contributed by atoms with van der Waals surface area (Å²) in [6, 6.07) is 0.395. The molecular formula is C9H19NO5. The zero-order chi connectivity index (χ0) is 11.4. The highest BCUT2D eigenvalue weighted by Gasteiger charge is 2.31. The first kappa shape index (κ1) is 12.8. The van der Waals surface area contributed by atoms with Gasteiger partial charge < -0.3 is 30.8 Å². The van der Waals surface area contributed by atoms with E-state index in [0.717, 1.165) is 12.8 Å². The van der Waals surface area contributed by atoms with Crippen molar-refractivity contribution in [2.75, 3.05) is 13.2 Å². The molecule has 15 heavy (non-hydrogen) atoms. The lowest BCUT2D eigenvalue weighted by Gasteiger charge is -2.25. The van der Waals surface area contributed by atoms with Gasteiger partial charge in [0.15, 0.2) is 0 Å². The van der Waals surface area contributed by atoms with Gasteiger partial charge in [-0.3, -0.25) is 0 Å². The van der Waals surface area contributed by atoms with E-state index < -0.39 is 31.0 Å². The highest BCUT2D eigenvalue weighted by Crippen LogP contribution is 2.18. The third-order valence-electron chi connectivity index (χ3n) is 2.52. The molecule has 0 aliphatic heterocycles. The van der Waals surface area contributed by atoms with Crippen LogP contribution in [0.25, 0.3) is 0 Å². The van der Waals surface area contributed by atoms with Crippen LogP contribution in [0.15, 0.2) is 0 Å². The Morgan fingerprint density at radius 3 is 2.00 bits per heavy atom. The second-order valence-corrected chi connectivity index (χ2v) is 3.98. The molecule has 4 atom stereocenters. The molecule has 6 N–H and O–H groups in total. The Hall–Kier alpha value is -0.240. The van der Waals surface area contributed by atoms with Crippen molar-refractivity contribution in [1.82, 2.24) is 5.32 Å². The van der Waals surface area contributed by atoms with Crippen LogP contribution in [0.2, 0.25) is 0 Å². The van der Waals surface area contributed by atoms with E-state index in [2.05, 4.69) is 5.32 Å². The predicted octanol–water partition coefficient (Wildman–Crippen LogP) is -2.83. The Kier molecular flexibility index (Phi) is 4.91. The van der Waals surface area contributed by atoms with Gasteiger partial charge in [-0.1, -0.05) is 0 Å². The lowest BCUT2D eigenvalue weighted by atomic mass is 10.0. The van der Waals surface area contributed by atoms with E-state index in [4.69, 9.17) is 10.2 Å². The minimum absolute atomic E-state index is 0.168. The number of hydrogen-bond acceptors (Lipinski definition) is 6. The molecule has 0 unspecified atom stereocenters. The van der Waals surface area contributed by atoms with Crippen molar-refractivity contribution < 1.29 is 25.5 Å². The fourth-order valence-corrected chi connectivity index (χ4v) is 1.26. The van der Waals surface area contributed by atoms with E-state index in [1.165, 1.54) is 0 Å². The van der Waals surface area contributed by atoms with E-state index in [-0.39, 0.29) is 6.54 Å². The Labute approximate surface area is 88.2 Å². The van der Waals surface area contributed by atoms with Crippen LogP contribution >= 0.6 is 0 Å². The molecule has 6 nitrogen and oxygen atoms in total. The molecule has 0 aromatic rings. The van der Waals surface area contributed by atoms with Gasteiger partial charge in [-0.05, 0) is 12.8 Å². The van der Waals surface area contributed by atoms with Crippen molar-refractivity contribution in [3.05, 3.63) is 0 Å². The standard InChI is InChI=1S/C9H19NO5/c11-4-7(13)9(15)8(14)6(12)3-10-5-1-2-5/h5-15H,1-4H2/t6-,7+,8+,9+/m0/s1. The van der Waals surface area contributed by atoms with Gasteiger partial charge in [0.1, 0.15) is 18.3 Å². The van der Waals surface area contributed by atoms with E-state index in [0.29, 0.717) is 6.04 Å². The van der Waals surface area contributed by atoms with Gasteiger partial charge in [-0.25, -0.2) is 0 Å². The molecule has 0 bridgehead atoms. The van der Waals surface area contributed by atoms with Crippen LogP contribution < -0.4 is 5.32 Å². The van der Waals surface area contributed by atoms with Crippen molar-refractivity contribution in [3.63, 3.8) is 0 Å². The van der Waals surface area contributed by atoms with Gasteiger partial charge in [-0.2, -0.15) is 0 Å². The maximum atomic E-state index is 9.44. The van der Waals surface area contributed by atoms with Gasteiger partial charge in [0.25, 0.3) is 0 Å². The molecular weight excluding hydrogens is 202 g/mol. The lowest BCUT2D eigenvalue weighted by molar-refractivity contribution is -0.114. The molecule has 1 aliphatic rings. The van der Waals surface area contributed by atoms with E-state index in [1.54, 1.807) is 0 Å². The molecule has 1 fully saturated rings. The quantitative estimate of drug-likeness (QED) is 0.276. The Balaban J connectivity index is 2.25. The normalized spacial score (nSPS) is 24.6. The molecule has 0 aromatic heterocycles. The van der Waals surface area contributed by atoms with Crippen molar-refractivity contribution in [3.8, 4) is 0 Å². The number of hydrogen-bond donors (Lipinski definition) is 6. The molecule has 1 saturated carbocycles. The van der Waals surface area contributed by atoms with Crippen LogP contribution in [0.3, 0.4) is 0 Å². The summed E-state index contributed by atoms with van der Waals surface area (Å²) in [6.45, 7) is -0.484.